The Bertz CT molecular complexity index is 126. The molecule has 58 valence electrons. The molecule has 2 nitrogen and oxygen atoms in total. The Morgan fingerprint density at radius 2 is 2.20 bits per heavy atom. The van der Waals surface area contributed by atoms with Gasteiger partial charge in [-0.3, -0.25) is 4.84 Å². The van der Waals surface area contributed by atoms with Crippen molar-refractivity contribution in [3.8, 4) is 0 Å². The van der Waals surface area contributed by atoms with Gasteiger partial charge in [-0.25, -0.2) is 5.48 Å². The second-order valence-electron chi connectivity index (χ2n) is 3.54. The third kappa shape index (κ3) is 0.956. The molecular weight excluding hydrogens is 126 g/mol. The highest BCUT2D eigenvalue weighted by Gasteiger charge is 2.40. The summed E-state index contributed by atoms with van der Waals surface area (Å²) in [5.41, 5.74) is 2.79. The van der Waals surface area contributed by atoms with Crippen molar-refractivity contribution in [1.82, 2.24) is 5.48 Å². The normalized spacial score (nSPS) is 44.7. The van der Waals surface area contributed by atoms with Gasteiger partial charge in [0.15, 0.2) is 0 Å². The van der Waals surface area contributed by atoms with Crippen LogP contribution in [-0.2, 0) is 4.84 Å². The third-order valence-electron chi connectivity index (χ3n) is 2.94. The summed E-state index contributed by atoms with van der Waals surface area (Å²) in [7, 11) is 1.85. The number of hydrogen-bond donors (Lipinski definition) is 1. The first-order valence-corrected chi connectivity index (χ1v) is 4.22. The van der Waals surface area contributed by atoms with Crippen molar-refractivity contribution in [2.75, 3.05) is 7.05 Å². The predicted octanol–water partition coefficient (Wildman–Crippen LogP) is 1.33. The molecule has 0 heterocycles. The molecule has 2 saturated carbocycles. The van der Waals surface area contributed by atoms with Crippen molar-refractivity contribution in [2.45, 2.75) is 31.8 Å². The Labute approximate surface area is 61.9 Å². The molecule has 3 atom stereocenters. The van der Waals surface area contributed by atoms with Gasteiger partial charge in [0.05, 0.1) is 6.10 Å². The summed E-state index contributed by atoms with van der Waals surface area (Å²) >= 11 is 0. The van der Waals surface area contributed by atoms with Gasteiger partial charge < -0.3 is 0 Å². The van der Waals surface area contributed by atoms with Gasteiger partial charge in [0.1, 0.15) is 0 Å². The first-order chi connectivity index (χ1) is 4.90. The highest BCUT2D eigenvalue weighted by Crippen LogP contribution is 2.45. The van der Waals surface area contributed by atoms with Crippen LogP contribution in [0.5, 0.6) is 0 Å². The summed E-state index contributed by atoms with van der Waals surface area (Å²) in [5.74, 6) is 1.86. The molecule has 2 rings (SSSR count). The van der Waals surface area contributed by atoms with E-state index in [0.29, 0.717) is 6.10 Å². The average Bonchev–Trinajstić information content (AvgIpc) is 2.48. The van der Waals surface area contributed by atoms with Gasteiger partial charge in [-0.05, 0) is 37.5 Å². The molecule has 0 aromatic rings. The molecule has 0 aromatic heterocycles. The fraction of sp³-hybridized carbons (Fsp3) is 1.00. The van der Waals surface area contributed by atoms with Gasteiger partial charge in [0, 0.05) is 7.05 Å². The lowest BCUT2D eigenvalue weighted by Gasteiger charge is -2.20. The first-order valence-electron chi connectivity index (χ1n) is 4.22. The maximum Gasteiger partial charge on any atom is 0.0821 e. The highest BCUT2D eigenvalue weighted by atomic mass is 16.7. The summed E-state index contributed by atoms with van der Waals surface area (Å²) in [6.07, 6.45) is 6.10. The molecule has 2 bridgehead atoms. The minimum Gasteiger partial charge on any atom is -0.298 e. The zero-order chi connectivity index (χ0) is 6.97. The number of rotatable bonds is 2. The van der Waals surface area contributed by atoms with Gasteiger partial charge in [0.2, 0.25) is 0 Å². The van der Waals surface area contributed by atoms with Gasteiger partial charge in [-0.2, -0.15) is 0 Å². The molecule has 2 fully saturated rings. The second-order valence-corrected chi connectivity index (χ2v) is 3.54. The van der Waals surface area contributed by atoms with Crippen molar-refractivity contribution in [3.63, 3.8) is 0 Å². The molecule has 0 spiro atoms. The summed E-state index contributed by atoms with van der Waals surface area (Å²) in [5, 5.41) is 0. The molecule has 0 aliphatic heterocycles. The van der Waals surface area contributed by atoms with Crippen LogP contribution in [0.1, 0.15) is 25.7 Å². The van der Waals surface area contributed by atoms with E-state index in [1.54, 1.807) is 0 Å². The lowest BCUT2D eigenvalue weighted by Crippen LogP contribution is -2.25. The summed E-state index contributed by atoms with van der Waals surface area (Å²) < 4.78 is 0. The Morgan fingerprint density at radius 1 is 1.30 bits per heavy atom. The van der Waals surface area contributed by atoms with E-state index in [9.17, 15) is 0 Å². The van der Waals surface area contributed by atoms with Crippen LogP contribution in [0.15, 0.2) is 0 Å². The number of hydrogen-bond acceptors (Lipinski definition) is 2. The minimum atomic E-state index is 0.531. The van der Waals surface area contributed by atoms with Crippen molar-refractivity contribution in [3.05, 3.63) is 0 Å². The third-order valence-corrected chi connectivity index (χ3v) is 2.94. The number of hydroxylamine groups is 1. The maximum absolute atomic E-state index is 5.39. The average molecular weight is 141 g/mol. The summed E-state index contributed by atoms with van der Waals surface area (Å²) in [6.45, 7) is 0. The van der Waals surface area contributed by atoms with Crippen LogP contribution in [0.25, 0.3) is 0 Å². The maximum atomic E-state index is 5.39. The fourth-order valence-electron chi connectivity index (χ4n) is 2.48. The van der Waals surface area contributed by atoms with Crippen LogP contribution in [0.3, 0.4) is 0 Å². The summed E-state index contributed by atoms with van der Waals surface area (Å²) in [6, 6.07) is 0. The largest absolute Gasteiger partial charge is 0.298 e. The van der Waals surface area contributed by atoms with E-state index in [-0.39, 0.29) is 0 Å². The van der Waals surface area contributed by atoms with E-state index >= 15 is 0 Å². The Morgan fingerprint density at radius 3 is 2.70 bits per heavy atom. The van der Waals surface area contributed by atoms with E-state index in [4.69, 9.17) is 4.84 Å². The molecule has 0 radical (unpaired) electrons. The van der Waals surface area contributed by atoms with Crippen LogP contribution < -0.4 is 5.48 Å². The molecule has 1 N–H and O–H groups in total. The standard InChI is InChI=1S/C8H15NO/c1-9-10-8-5-6-2-3-7(8)4-6/h6-9H,2-5H2,1H3. The van der Waals surface area contributed by atoms with Crippen LogP contribution in [-0.4, -0.2) is 13.2 Å². The molecule has 3 unspecified atom stereocenters. The molecule has 10 heavy (non-hydrogen) atoms. The van der Waals surface area contributed by atoms with E-state index < -0.39 is 0 Å². The monoisotopic (exact) mass is 141 g/mol. The van der Waals surface area contributed by atoms with Crippen molar-refractivity contribution in [2.24, 2.45) is 11.8 Å². The Hall–Kier alpha value is -0.0800. The molecule has 0 saturated heterocycles. The molecular formula is C8H15NO. The zero-order valence-corrected chi connectivity index (χ0v) is 6.47. The van der Waals surface area contributed by atoms with Crippen molar-refractivity contribution >= 4 is 0 Å². The molecule has 2 heteroatoms. The topological polar surface area (TPSA) is 21.3 Å². The van der Waals surface area contributed by atoms with Crippen LogP contribution in [0.2, 0.25) is 0 Å². The smallest absolute Gasteiger partial charge is 0.0821 e. The van der Waals surface area contributed by atoms with Gasteiger partial charge in [-0.1, -0.05) is 0 Å². The second kappa shape index (κ2) is 2.51. The molecule has 0 aromatic carbocycles. The molecule has 0 amide bonds. The predicted molar refractivity (Wildman–Crippen MR) is 39.4 cm³/mol. The van der Waals surface area contributed by atoms with E-state index in [0.717, 1.165) is 11.8 Å². The zero-order valence-electron chi connectivity index (χ0n) is 6.47. The van der Waals surface area contributed by atoms with Crippen LogP contribution in [0.4, 0.5) is 0 Å². The lowest BCUT2D eigenvalue weighted by molar-refractivity contribution is -0.0402. The van der Waals surface area contributed by atoms with E-state index in [1.807, 2.05) is 7.05 Å². The van der Waals surface area contributed by atoms with E-state index in [2.05, 4.69) is 5.48 Å². The first kappa shape index (κ1) is 6.62. The number of nitrogens with one attached hydrogen (secondary N) is 1. The molecule has 2 aliphatic carbocycles. The van der Waals surface area contributed by atoms with E-state index in [1.165, 1.54) is 25.7 Å². The quantitative estimate of drug-likeness (QED) is 0.586. The SMILES string of the molecule is CNOC1CC2CCC1C2. The van der Waals surface area contributed by atoms with Crippen molar-refractivity contribution < 1.29 is 4.84 Å². The fourth-order valence-corrected chi connectivity index (χ4v) is 2.48. The van der Waals surface area contributed by atoms with Crippen molar-refractivity contribution in [1.29, 1.82) is 0 Å². The van der Waals surface area contributed by atoms with Gasteiger partial charge in [0.25, 0.3) is 0 Å². The van der Waals surface area contributed by atoms with Gasteiger partial charge >= 0.3 is 0 Å². The summed E-state index contributed by atoms with van der Waals surface area (Å²) in [4.78, 5) is 5.39. The Balaban J connectivity index is 1.90. The highest BCUT2D eigenvalue weighted by molar-refractivity contribution is 4.90. The Kier molecular flexibility index (Phi) is 1.66. The number of fused-ring (bicyclic) bond motifs is 2. The van der Waals surface area contributed by atoms with Crippen LogP contribution >= 0.6 is 0 Å². The molecule has 2 aliphatic rings. The van der Waals surface area contributed by atoms with Crippen LogP contribution in [0, 0.1) is 11.8 Å². The lowest BCUT2D eigenvalue weighted by atomic mass is 9.98. The minimum absolute atomic E-state index is 0.531. The van der Waals surface area contributed by atoms with Gasteiger partial charge in [-0.15, -0.1) is 0 Å².